The molecule has 1 aromatic carbocycles. The molecule has 1 saturated heterocycles. The van der Waals surface area contributed by atoms with Crippen LogP contribution in [0.15, 0.2) is 18.2 Å². The van der Waals surface area contributed by atoms with E-state index in [1.807, 2.05) is 32.0 Å². The molecule has 0 radical (unpaired) electrons. The van der Waals surface area contributed by atoms with Gasteiger partial charge in [-0.2, -0.15) is 0 Å². The maximum Gasteiger partial charge on any atom is 0.231 e. The number of carbonyl (C=O) groups is 2. The molecule has 6 nitrogen and oxygen atoms in total. The molecule has 3 rings (SSSR count). The van der Waals surface area contributed by atoms with Crippen LogP contribution in [0.3, 0.4) is 0 Å². The van der Waals surface area contributed by atoms with Gasteiger partial charge in [-0.3, -0.25) is 9.59 Å². The maximum absolute atomic E-state index is 12.6. The molecular weight excluding hydrogens is 360 g/mol. The van der Waals surface area contributed by atoms with E-state index in [0.717, 1.165) is 35.5 Å². The van der Waals surface area contributed by atoms with Gasteiger partial charge in [-0.15, -0.1) is 10.2 Å². The van der Waals surface area contributed by atoms with Gasteiger partial charge in [-0.1, -0.05) is 37.2 Å². The molecule has 1 N–H and O–H groups in total. The van der Waals surface area contributed by atoms with Crippen molar-refractivity contribution < 1.29 is 9.59 Å². The monoisotopic (exact) mass is 386 g/mol. The molecule has 1 aliphatic rings. The SMILES string of the molecule is CCCCCc1nnc(NC(=O)[C@H]2CC(=O)N(c3ccc(C)c(C)c3)C2)s1. The number of nitrogens with one attached hydrogen (secondary N) is 1. The third kappa shape index (κ3) is 4.71. The normalized spacial score (nSPS) is 16.8. The highest BCUT2D eigenvalue weighted by Gasteiger charge is 2.35. The number of benzene rings is 1. The van der Waals surface area contributed by atoms with Crippen LogP contribution in [0, 0.1) is 19.8 Å². The van der Waals surface area contributed by atoms with E-state index < -0.39 is 0 Å². The van der Waals surface area contributed by atoms with E-state index in [4.69, 9.17) is 0 Å². The summed E-state index contributed by atoms with van der Waals surface area (Å²) in [6.45, 7) is 6.63. The minimum Gasteiger partial charge on any atom is -0.312 e. The Morgan fingerprint density at radius 3 is 2.81 bits per heavy atom. The van der Waals surface area contributed by atoms with Crippen molar-refractivity contribution in [3.63, 3.8) is 0 Å². The van der Waals surface area contributed by atoms with E-state index in [2.05, 4.69) is 22.4 Å². The van der Waals surface area contributed by atoms with Crippen LogP contribution in [0.25, 0.3) is 0 Å². The molecule has 0 saturated carbocycles. The van der Waals surface area contributed by atoms with Gasteiger partial charge < -0.3 is 10.2 Å². The standard InChI is InChI=1S/C20H26N4O2S/c1-4-5-6-7-17-22-23-20(27-17)21-19(26)15-11-18(25)24(12-15)16-9-8-13(2)14(3)10-16/h8-10,15H,4-7,11-12H2,1-3H3,(H,21,23,26)/t15-/m0/s1. The summed E-state index contributed by atoms with van der Waals surface area (Å²) in [5.41, 5.74) is 3.18. The summed E-state index contributed by atoms with van der Waals surface area (Å²) in [7, 11) is 0. The quantitative estimate of drug-likeness (QED) is 0.733. The maximum atomic E-state index is 12.6. The Kier molecular flexibility index (Phi) is 6.21. The lowest BCUT2D eigenvalue weighted by molar-refractivity contribution is -0.122. The van der Waals surface area contributed by atoms with Gasteiger partial charge in [0.2, 0.25) is 16.9 Å². The van der Waals surface area contributed by atoms with Gasteiger partial charge in [-0.25, -0.2) is 0 Å². The van der Waals surface area contributed by atoms with Crippen molar-refractivity contribution in [3.05, 3.63) is 34.3 Å². The molecule has 1 aromatic heterocycles. The minimum atomic E-state index is -0.369. The third-order valence-corrected chi connectivity index (χ3v) is 5.89. The average molecular weight is 387 g/mol. The van der Waals surface area contributed by atoms with Gasteiger partial charge in [-0.05, 0) is 43.5 Å². The topological polar surface area (TPSA) is 75.2 Å². The first-order valence-corrected chi connectivity index (χ1v) is 10.3. The molecule has 2 amide bonds. The van der Waals surface area contributed by atoms with Crippen LogP contribution in [0.4, 0.5) is 10.8 Å². The number of aromatic nitrogens is 2. The van der Waals surface area contributed by atoms with Crippen molar-refractivity contribution in [1.82, 2.24) is 10.2 Å². The van der Waals surface area contributed by atoms with Gasteiger partial charge in [0, 0.05) is 25.1 Å². The Bertz CT molecular complexity index is 833. The molecule has 27 heavy (non-hydrogen) atoms. The van der Waals surface area contributed by atoms with E-state index in [0.29, 0.717) is 11.7 Å². The Hall–Kier alpha value is -2.28. The fourth-order valence-electron chi connectivity index (χ4n) is 3.17. The van der Waals surface area contributed by atoms with Crippen LogP contribution in [0.2, 0.25) is 0 Å². The summed E-state index contributed by atoms with van der Waals surface area (Å²) in [6, 6.07) is 5.95. The number of nitrogens with zero attached hydrogens (tertiary/aromatic N) is 3. The first-order valence-electron chi connectivity index (χ1n) is 9.48. The second-order valence-electron chi connectivity index (χ2n) is 7.12. The van der Waals surface area contributed by atoms with Gasteiger partial charge in [0.1, 0.15) is 5.01 Å². The highest BCUT2D eigenvalue weighted by Crippen LogP contribution is 2.28. The summed E-state index contributed by atoms with van der Waals surface area (Å²) < 4.78 is 0. The van der Waals surface area contributed by atoms with Crippen molar-refractivity contribution in [1.29, 1.82) is 0 Å². The number of hydrogen-bond acceptors (Lipinski definition) is 5. The second-order valence-corrected chi connectivity index (χ2v) is 8.18. The van der Waals surface area contributed by atoms with Crippen LogP contribution >= 0.6 is 11.3 Å². The predicted octanol–water partition coefficient (Wildman–Crippen LogP) is 3.88. The lowest BCUT2D eigenvalue weighted by Gasteiger charge is -2.17. The Morgan fingerprint density at radius 1 is 1.26 bits per heavy atom. The van der Waals surface area contributed by atoms with Gasteiger partial charge in [0.05, 0.1) is 5.92 Å². The number of amides is 2. The molecule has 2 aromatic rings. The van der Waals surface area contributed by atoms with Crippen LogP contribution in [-0.2, 0) is 16.0 Å². The van der Waals surface area contributed by atoms with E-state index >= 15 is 0 Å². The summed E-state index contributed by atoms with van der Waals surface area (Å²) in [6.07, 6.45) is 4.53. The van der Waals surface area contributed by atoms with E-state index in [1.165, 1.54) is 23.3 Å². The van der Waals surface area contributed by atoms with Gasteiger partial charge in [0.25, 0.3) is 0 Å². The van der Waals surface area contributed by atoms with Crippen molar-refractivity contribution in [2.75, 3.05) is 16.8 Å². The average Bonchev–Trinajstić information content (AvgIpc) is 3.24. The smallest absolute Gasteiger partial charge is 0.231 e. The summed E-state index contributed by atoms with van der Waals surface area (Å²) in [5, 5.41) is 12.5. The molecule has 0 unspecified atom stereocenters. The first kappa shape index (κ1) is 19.5. The fourth-order valence-corrected chi connectivity index (χ4v) is 3.95. The molecule has 0 spiro atoms. The van der Waals surface area contributed by atoms with Crippen LogP contribution in [0.5, 0.6) is 0 Å². The molecule has 1 fully saturated rings. The molecule has 2 heterocycles. The lowest BCUT2D eigenvalue weighted by atomic mass is 10.1. The summed E-state index contributed by atoms with van der Waals surface area (Å²) in [5.74, 6) is -0.548. The molecule has 0 aliphatic carbocycles. The molecule has 7 heteroatoms. The second kappa shape index (κ2) is 8.61. The summed E-state index contributed by atoms with van der Waals surface area (Å²) in [4.78, 5) is 26.7. The predicted molar refractivity (Wildman–Crippen MR) is 108 cm³/mol. The minimum absolute atomic E-state index is 0.0177. The van der Waals surface area contributed by atoms with Gasteiger partial charge >= 0.3 is 0 Å². The Balaban J connectivity index is 1.59. The van der Waals surface area contributed by atoms with E-state index in [-0.39, 0.29) is 24.2 Å². The molecule has 144 valence electrons. The van der Waals surface area contributed by atoms with Gasteiger partial charge in [0.15, 0.2) is 0 Å². The lowest BCUT2D eigenvalue weighted by Crippen LogP contribution is -2.28. The van der Waals surface area contributed by atoms with E-state index in [1.54, 1.807) is 4.90 Å². The highest BCUT2D eigenvalue weighted by atomic mass is 32.1. The summed E-state index contributed by atoms with van der Waals surface area (Å²) >= 11 is 1.42. The zero-order chi connectivity index (χ0) is 19.4. The Morgan fingerprint density at radius 2 is 2.07 bits per heavy atom. The van der Waals surface area contributed by atoms with Crippen LogP contribution < -0.4 is 10.2 Å². The molecule has 1 aliphatic heterocycles. The number of anilines is 2. The largest absolute Gasteiger partial charge is 0.312 e. The number of rotatable bonds is 7. The van der Waals surface area contributed by atoms with Crippen molar-refractivity contribution in [2.24, 2.45) is 5.92 Å². The number of unbranched alkanes of at least 4 members (excludes halogenated alkanes) is 2. The number of hydrogen-bond donors (Lipinski definition) is 1. The van der Waals surface area contributed by atoms with E-state index in [9.17, 15) is 9.59 Å². The zero-order valence-electron chi connectivity index (χ0n) is 16.1. The third-order valence-electron chi connectivity index (χ3n) is 4.99. The van der Waals surface area contributed by atoms with Crippen LogP contribution in [-0.4, -0.2) is 28.6 Å². The molecule has 1 atom stereocenters. The molecular formula is C20H26N4O2S. The fraction of sp³-hybridized carbons (Fsp3) is 0.500. The first-order chi connectivity index (χ1) is 13.0. The number of carbonyl (C=O) groups excluding carboxylic acids is 2. The van der Waals surface area contributed by atoms with Crippen LogP contribution in [0.1, 0.15) is 48.7 Å². The zero-order valence-corrected chi connectivity index (χ0v) is 16.9. The Labute approximate surface area is 164 Å². The number of aryl methyl sites for hydroxylation is 3. The van der Waals surface area contributed by atoms with Crippen molar-refractivity contribution in [3.8, 4) is 0 Å². The highest BCUT2D eigenvalue weighted by molar-refractivity contribution is 7.15. The van der Waals surface area contributed by atoms with Crippen molar-refractivity contribution in [2.45, 2.75) is 52.9 Å². The van der Waals surface area contributed by atoms with Crippen molar-refractivity contribution >= 4 is 34.0 Å². The molecule has 0 bridgehead atoms.